The fraction of sp³-hybridized carbons (Fsp3) is 0.424. The van der Waals surface area contributed by atoms with Gasteiger partial charge in [0.05, 0.1) is 44.5 Å². The Kier molecular flexibility index (Phi) is 7.85. The van der Waals surface area contributed by atoms with Gasteiger partial charge in [-0.15, -0.1) is 11.3 Å². The number of carbonyl (C=O) groups excluding carboxylic acids is 1. The van der Waals surface area contributed by atoms with E-state index < -0.39 is 49.4 Å². The van der Waals surface area contributed by atoms with Crippen molar-refractivity contribution < 1.29 is 31.3 Å². The van der Waals surface area contributed by atoms with Gasteiger partial charge in [-0.2, -0.15) is 23.4 Å². The lowest BCUT2D eigenvalue weighted by Crippen LogP contribution is -2.61. The van der Waals surface area contributed by atoms with Crippen LogP contribution in [0.4, 0.5) is 17.6 Å². The minimum absolute atomic E-state index is 0.155. The van der Waals surface area contributed by atoms with Gasteiger partial charge >= 0.3 is 6.18 Å². The fourth-order valence-electron chi connectivity index (χ4n) is 7.54. The lowest BCUT2D eigenvalue weighted by Gasteiger charge is -2.54. The molecule has 0 radical (unpaired) electrons. The third-order valence-corrected chi connectivity index (χ3v) is 13.2. The molecule has 9 nitrogen and oxygen atoms in total. The van der Waals surface area contributed by atoms with Crippen LogP contribution in [-0.4, -0.2) is 69.5 Å². The Morgan fingerprint density at radius 3 is 2.50 bits per heavy atom. The van der Waals surface area contributed by atoms with Gasteiger partial charge in [-0.1, -0.05) is 5.57 Å². The van der Waals surface area contributed by atoms with Crippen LogP contribution in [0.1, 0.15) is 65.0 Å². The van der Waals surface area contributed by atoms with Crippen LogP contribution in [0.3, 0.4) is 0 Å². The lowest BCUT2D eigenvalue weighted by atomic mass is 9.60. The average Bonchev–Trinajstić information content (AvgIpc) is 3.79. The van der Waals surface area contributed by atoms with E-state index in [-0.39, 0.29) is 23.9 Å². The third kappa shape index (κ3) is 5.44. The molecule has 0 N–H and O–H groups in total. The molecule has 7 rings (SSSR count). The largest absolute Gasteiger partial charge is 0.427 e. The summed E-state index contributed by atoms with van der Waals surface area (Å²) in [4.78, 5) is 17.7. The maximum atomic E-state index is 14.8. The Balaban J connectivity index is 1.33. The highest BCUT2D eigenvalue weighted by molar-refractivity contribution is 7.98. The number of carbonyl (C=O) groups is 1. The van der Waals surface area contributed by atoms with Crippen LogP contribution in [0.25, 0.3) is 11.8 Å². The van der Waals surface area contributed by atoms with Gasteiger partial charge in [0.1, 0.15) is 10.7 Å². The molecular formula is C33H34F4N6O3S2. The molecule has 0 spiro atoms. The standard InChI is InChI=1S/C33H34F4N6O3S2/c1-31(46-3)15-25(16-31)43(48(4,45)28-11-12-41(2)40-28)24-8-5-21-13-26-20(18-39-42(26)23-9-6-22(34)7-10-23)14-32(21,17-24)29(44)30-38-19-27(47-30)33(35,36)37/h6-7,9-13,18-19,24-25H,4-5,8,14-17H2,1-3H3/t24-,25?,31?,32-,48?/m0/s1. The Morgan fingerprint density at radius 1 is 1.15 bits per heavy atom. The molecule has 48 heavy (non-hydrogen) atoms. The first-order valence-corrected chi connectivity index (χ1v) is 18.0. The topological polar surface area (TPSA) is 95.1 Å². The molecule has 254 valence electrons. The van der Waals surface area contributed by atoms with Gasteiger partial charge in [0.2, 0.25) is 5.78 Å². The SMILES string of the molecule is C=S(=O)(c1ccn(C)n1)N(C1CC(C)(OC)C1)[C@H]1CCC2=Cc3c(cnn3-c3ccc(F)cc3)C[C@]2(C(=O)c2ncc(C(F)(F)F)s2)C1. The molecule has 2 saturated carbocycles. The summed E-state index contributed by atoms with van der Waals surface area (Å²) in [5.41, 5.74) is 1.11. The number of ether oxygens (including phenoxy) is 1. The minimum Gasteiger partial charge on any atom is -0.378 e. The zero-order valence-electron chi connectivity index (χ0n) is 26.5. The number of Topliss-reactive ketones (excluding diaryl/α,β-unsaturated/α-hetero) is 1. The van der Waals surface area contributed by atoms with Crippen LogP contribution in [-0.2, 0) is 34.1 Å². The number of hydrogen-bond donors (Lipinski definition) is 0. The number of thiazole rings is 1. The average molecular weight is 703 g/mol. The number of benzene rings is 1. The molecule has 3 atom stereocenters. The lowest BCUT2D eigenvalue weighted by molar-refractivity contribution is -0.134. The second-order valence-corrected chi connectivity index (χ2v) is 16.3. The van der Waals surface area contributed by atoms with Gasteiger partial charge < -0.3 is 4.74 Å². The quantitative estimate of drug-likeness (QED) is 0.124. The van der Waals surface area contributed by atoms with Crippen LogP contribution in [0.5, 0.6) is 0 Å². The van der Waals surface area contributed by atoms with Crippen LogP contribution in [0.15, 0.2) is 59.5 Å². The Morgan fingerprint density at radius 2 is 1.88 bits per heavy atom. The number of rotatable bonds is 8. The molecule has 0 amide bonds. The minimum atomic E-state index is -4.64. The highest BCUT2D eigenvalue weighted by Gasteiger charge is 2.55. The van der Waals surface area contributed by atoms with Gasteiger partial charge in [-0.05, 0) is 93.3 Å². The van der Waals surface area contributed by atoms with E-state index in [9.17, 15) is 26.6 Å². The van der Waals surface area contributed by atoms with Crippen molar-refractivity contribution in [3.63, 3.8) is 0 Å². The molecule has 0 bridgehead atoms. The molecule has 3 heterocycles. The molecule has 1 unspecified atom stereocenters. The van der Waals surface area contributed by atoms with Crippen molar-refractivity contribution in [1.82, 2.24) is 28.9 Å². The van der Waals surface area contributed by atoms with E-state index in [1.54, 1.807) is 54.1 Å². The molecule has 3 aromatic heterocycles. The van der Waals surface area contributed by atoms with E-state index >= 15 is 0 Å². The van der Waals surface area contributed by atoms with Gasteiger partial charge in [0.25, 0.3) is 0 Å². The first-order chi connectivity index (χ1) is 22.6. The van der Waals surface area contributed by atoms with E-state index in [2.05, 4.69) is 21.1 Å². The second-order valence-electron chi connectivity index (χ2n) is 13.2. The summed E-state index contributed by atoms with van der Waals surface area (Å²) in [6.07, 6.45) is 3.71. The Labute approximate surface area is 279 Å². The number of methoxy groups -OCH3 is 1. The number of aryl methyl sites for hydroxylation is 1. The number of alkyl halides is 3. The van der Waals surface area contributed by atoms with Crippen molar-refractivity contribution in [1.29, 1.82) is 0 Å². The van der Waals surface area contributed by atoms with Crippen molar-refractivity contribution >= 4 is 38.8 Å². The number of nitrogens with zero attached hydrogens (tertiary/aromatic N) is 6. The van der Waals surface area contributed by atoms with Crippen LogP contribution in [0, 0.1) is 11.2 Å². The third-order valence-electron chi connectivity index (χ3n) is 10.0. The van der Waals surface area contributed by atoms with Gasteiger partial charge in [-0.25, -0.2) is 22.6 Å². The second kappa shape index (κ2) is 11.5. The Bertz CT molecular complexity index is 2020. The molecule has 1 aromatic carbocycles. The predicted octanol–water partition coefficient (Wildman–Crippen LogP) is 6.14. The molecule has 15 heteroatoms. The monoisotopic (exact) mass is 702 g/mol. The number of hydrogen-bond acceptors (Lipinski definition) is 7. The van der Waals surface area contributed by atoms with Crippen LogP contribution >= 0.6 is 11.3 Å². The van der Waals surface area contributed by atoms with E-state index in [0.29, 0.717) is 59.5 Å². The normalized spacial score (nSPS) is 26.7. The van der Waals surface area contributed by atoms with E-state index in [0.717, 1.165) is 11.3 Å². The van der Waals surface area contributed by atoms with Crippen molar-refractivity contribution in [2.75, 3.05) is 7.11 Å². The highest BCUT2D eigenvalue weighted by atomic mass is 32.2. The fourth-order valence-corrected chi connectivity index (χ4v) is 10.4. The summed E-state index contributed by atoms with van der Waals surface area (Å²) in [5, 5.41) is 9.09. The highest BCUT2D eigenvalue weighted by Crippen LogP contribution is 2.53. The Hall–Kier alpha value is -3.66. The molecule has 4 aromatic rings. The van der Waals surface area contributed by atoms with Gasteiger partial charge in [0.15, 0.2) is 10.0 Å². The summed E-state index contributed by atoms with van der Waals surface area (Å²) in [6.45, 7) is 1.99. The van der Waals surface area contributed by atoms with Gasteiger partial charge in [-0.3, -0.25) is 9.48 Å². The zero-order valence-corrected chi connectivity index (χ0v) is 28.2. The number of ketones is 1. The first kappa shape index (κ1) is 32.9. The number of halogens is 4. The molecule has 0 saturated heterocycles. The molecule has 2 fully saturated rings. The van der Waals surface area contributed by atoms with Crippen molar-refractivity contribution in [3.8, 4) is 5.69 Å². The molecule has 0 aliphatic heterocycles. The summed E-state index contributed by atoms with van der Waals surface area (Å²) in [7, 11) is 0.213. The van der Waals surface area contributed by atoms with Crippen LogP contribution in [0.2, 0.25) is 0 Å². The summed E-state index contributed by atoms with van der Waals surface area (Å²) >= 11 is 0.335. The molecular weight excluding hydrogens is 669 g/mol. The summed E-state index contributed by atoms with van der Waals surface area (Å²) in [5.74, 6) is 3.30. The maximum Gasteiger partial charge on any atom is 0.427 e. The van der Waals surface area contributed by atoms with Crippen molar-refractivity contribution in [2.24, 2.45) is 12.5 Å². The van der Waals surface area contributed by atoms with E-state index in [1.807, 2.05) is 17.3 Å². The van der Waals surface area contributed by atoms with Crippen molar-refractivity contribution in [3.05, 3.63) is 81.5 Å². The van der Waals surface area contributed by atoms with Crippen molar-refractivity contribution in [2.45, 2.75) is 74.3 Å². The molecule has 3 aliphatic carbocycles. The smallest absolute Gasteiger partial charge is 0.378 e. The summed E-state index contributed by atoms with van der Waals surface area (Å²) in [6, 6.07) is 6.93. The van der Waals surface area contributed by atoms with Crippen LogP contribution < -0.4 is 0 Å². The van der Waals surface area contributed by atoms with Gasteiger partial charge in [0, 0.05) is 32.4 Å². The number of allylic oxidation sites excluding steroid dienone is 1. The number of aromatic nitrogens is 5. The maximum absolute atomic E-state index is 14.8. The molecule has 3 aliphatic rings. The predicted molar refractivity (Wildman–Crippen MR) is 174 cm³/mol. The van der Waals surface area contributed by atoms with E-state index in [1.165, 1.54) is 12.1 Å². The first-order valence-electron chi connectivity index (χ1n) is 15.5. The number of fused-ring (bicyclic) bond motifs is 2. The summed E-state index contributed by atoms with van der Waals surface area (Å²) < 4.78 is 80.3. The zero-order chi connectivity index (χ0) is 34.2. The van der Waals surface area contributed by atoms with E-state index in [4.69, 9.17) is 4.74 Å².